The molecule has 0 saturated carbocycles. The number of aliphatic carboxylic acids is 1. The molecular formula is C12H23N3O4. The maximum Gasteiger partial charge on any atom is 0.332 e. The highest BCUT2D eigenvalue weighted by Gasteiger charge is 2.24. The predicted molar refractivity (Wildman–Crippen MR) is 69.9 cm³/mol. The zero-order valence-electron chi connectivity index (χ0n) is 11.5. The Hall–Kier alpha value is -1.34. The summed E-state index contributed by atoms with van der Waals surface area (Å²) in [5.41, 5.74) is 0. The van der Waals surface area contributed by atoms with Crippen LogP contribution < -0.4 is 5.32 Å². The second-order valence-corrected chi connectivity index (χ2v) is 5.04. The van der Waals surface area contributed by atoms with Gasteiger partial charge in [-0.15, -0.1) is 0 Å². The van der Waals surface area contributed by atoms with Gasteiger partial charge in [0.05, 0.1) is 0 Å². The highest BCUT2D eigenvalue weighted by atomic mass is 16.4. The van der Waals surface area contributed by atoms with E-state index in [1.165, 1.54) is 0 Å². The molecule has 7 nitrogen and oxygen atoms in total. The van der Waals surface area contributed by atoms with Crippen molar-refractivity contribution < 1.29 is 19.8 Å². The number of carbonyl (C=O) groups is 2. The first kappa shape index (κ1) is 15.7. The lowest BCUT2D eigenvalue weighted by molar-refractivity contribution is -0.146. The number of amides is 2. The van der Waals surface area contributed by atoms with Crippen LogP contribution in [0, 0.1) is 0 Å². The molecule has 1 saturated heterocycles. The van der Waals surface area contributed by atoms with Crippen LogP contribution in [0.5, 0.6) is 0 Å². The van der Waals surface area contributed by atoms with E-state index in [4.69, 9.17) is 10.2 Å². The topological polar surface area (TPSA) is 93.1 Å². The van der Waals surface area contributed by atoms with E-state index in [-0.39, 0.29) is 25.0 Å². The number of rotatable bonds is 5. The number of nitrogens with zero attached hydrogens (tertiary/aromatic N) is 2. The van der Waals surface area contributed by atoms with Gasteiger partial charge < -0.3 is 25.3 Å². The maximum absolute atomic E-state index is 11.9. The number of aliphatic hydroxyl groups is 1. The van der Waals surface area contributed by atoms with Gasteiger partial charge in [-0.1, -0.05) is 0 Å². The van der Waals surface area contributed by atoms with E-state index in [1.54, 1.807) is 11.9 Å². The number of nitrogens with one attached hydrogen (secondary N) is 1. The lowest BCUT2D eigenvalue weighted by Gasteiger charge is -2.35. The molecule has 1 aliphatic heterocycles. The molecule has 1 rings (SSSR count). The minimum Gasteiger partial charge on any atom is -0.479 e. The Labute approximate surface area is 113 Å². The molecule has 2 unspecified atom stereocenters. The predicted octanol–water partition coefficient (Wildman–Crippen LogP) is -0.442. The minimum atomic E-state index is -1.42. The molecule has 3 N–H and O–H groups in total. The van der Waals surface area contributed by atoms with Crippen LogP contribution in [-0.4, -0.2) is 77.9 Å². The summed E-state index contributed by atoms with van der Waals surface area (Å²) in [6.07, 6.45) is 0.633. The second kappa shape index (κ2) is 7.30. The van der Waals surface area contributed by atoms with Crippen molar-refractivity contribution in [1.82, 2.24) is 15.1 Å². The molecule has 0 aromatic carbocycles. The molecule has 2 amide bonds. The molecule has 0 spiro atoms. The first-order valence-corrected chi connectivity index (χ1v) is 6.52. The number of likely N-dealkylation sites (tertiary alicyclic amines) is 1. The van der Waals surface area contributed by atoms with E-state index in [9.17, 15) is 9.59 Å². The molecule has 0 aliphatic carbocycles. The molecule has 19 heavy (non-hydrogen) atoms. The van der Waals surface area contributed by atoms with Crippen LogP contribution in [0.15, 0.2) is 0 Å². The fraction of sp³-hybridized carbons (Fsp3) is 0.833. The number of carbonyl (C=O) groups excluding carboxylic acids is 1. The number of urea groups is 1. The second-order valence-electron chi connectivity index (χ2n) is 5.04. The summed E-state index contributed by atoms with van der Waals surface area (Å²) in [5.74, 6) is -1.27. The monoisotopic (exact) mass is 273 g/mol. The molecule has 2 atom stereocenters. The first-order valence-electron chi connectivity index (χ1n) is 6.52. The van der Waals surface area contributed by atoms with Gasteiger partial charge in [0.2, 0.25) is 0 Å². The van der Waals surface area contributed by atoms with Crippen LogP contribution in [0.25, 0.3) is 0 Å². The van der Waals surface area contributed by atoms with Crippen molar-refractivity contribution in [2.24, 2.45) is 0 Å². The molecule has 1 heterocycles. The molecule has 0 aromatic rings. The summed E-state index contributed by atoms with van der Waals surface area (Å²) < 4.78 is 0. The fourth-order valence-corrected chi connectivity index (χ4v) is 2.19. The highest BCUT2D eigenvalue weighted by Crippen LogP contribution is 2.13. The Morgan fingerprint density at radius 1 is 1.53 bits per heavy atom. The van der Waals surface area contributed by atoms with Crippen molar-refractivity contribution in [2.75, 3.05) is 33.7 Å². The summed E-state index contributed by atoms with van der Waals surface area (Å²) >= 11 is 0. The molecule has 110 valence electrons. The van der Waals surface area contributed by atoms with Gasteiger partial charge in [-0.05, 0) is 26.4 Å². The van der Waals surface area contributed by atoms with Gasteiger partial charge in [0.1, 0.15) is 0 Å². The van der Waals surface area contributed by atoms with E-state index < -0.39 is 12.1 Å². The van der Waals surface area contributed by atoms with Crippen LogP contribution in [-0.2, 0) is 4.79 Å². The van der Waals surface area contributed by atoms with E-state index in [0.717, 1.165) is 25.9 Å². The van der Waals surface area contributed by atoms with Crippen molar-refractivity contribution in [3.63, 3.8) is 0 Å². The smallest absolute Gasteiger partial charge is 0.332 e. The Balaban J connectivity index is 2.30. The van der Waals surface area contributed by atoms with Gasteiger partial charge >= 0.3 is 12.0 Å². The van der Waals surface area contributed by atoms with Crippen molar-refractivity contribution in [2.45, 2.75) is 31.4 Å². The molecule has 1 fully saturated rings. The Morgan fingerprint density at radius 2 is 2.21 bits per heavy atom. The van der Waals surface area contributed by atoms with Crippen LogP contribution in [0.1, 0.15) is 19.3 Å². The number of carboxylic acid groups (broad SMARTS) is 1. The van der Waals surface area contributed by atoms with Crippen LogP contribution in [0.2, 0.25) is 0 Å². The molecule has 0 radical (unpaired) electrons. The van der Waals surface area contributed by atoms with E-state index >= 15 is 0 Å². The normalized spacial score (nSPS) is 21.7. The Morgan fingerprint density at radius 3 is 2.79 bits per heavy atom. The number of likely N-dealkylation sites (N-methyl/N-ethyl adjacent to an activating group) is 2. The fourth-order valence-electron chi connectivity index (χ4n) is 2.19. The van der Waals surface area contributed by atoms with E-state index in [2.05, 4.69) is 10.2 Å². The quantitative estimate of drug-likeness (QED) is 0.631. The molecule has 0 aromatic heterocycles. The maximum atomic E-state index is 11.9. The van der Waals surface area contributed by atoms with Gasteiger partial charge in [0.15, 0.2) is 6.10 Å². The Bertz CT molecular complexity index is 324. The average molecular weight is 273 g/mol. The van der Waals surface area contributed by atoms with E-state index in [0.29, 0.717) is 0 Å². The largest absolute Gasteiger partial charge is 0.479 e. The zero-order valence-corrected chi connectivity index (χ0v) is 11.5. The summed E-state index contributed by atoms with van der Waals surface area (Å²) in [5, 5.41) is 20.2. The van der Waals surface area contributed by atoms with Crippen LogP contribution >= 0.6 is 0 Å². The Kier molecular flexibility index (Phi) is 6.04. The summed E-state index contributed by atoms with van der Waals surface area (Å²) in [6.45, 7) is 2.05. The third kappa shape index (κ3) is 5.04. The van der Waals surface area contributed by atoms with Gasteiger partial charge in [0, 0.05) is 32.6 Å². The van der Waals surface area contributed by atoms with Crippen molar-refractivity contribution in [3.05, 3.63) is 0 Å². The highest BCUT2D eigenvalue weighted by molar-refractivity contribution is 5.74. The minimum absolute atomic E-state index is 0.0134. The number of piperidine rings is 1. The zero-order chi connectivity index (χ0) is 14.4. The SMILES string of the molecule is CN1CCCC(N(C)C(=O)NCCC(O)C(=O)O)C1. The van der Waals surface area contributed by atoms with Crippen LogP contribution in [0.4, 0.5) is 4.79 Å². The number of aliphatic hydroxyl groups excluding tert-OH is 1. The van der Waals surface area contributed by atoms with Crippen molar-refractivity contribution in [3.8, 4) is 0 Å². The summed E-state index contributed by atoms with van der Waals surface area (Å²) in [7, 11) is 3.77. The third-order valence-electron chi connectivity index (χ3n) is 3.45. The van der Waals surface area contributed by atoms with E-state index in [1.807, 2.05) is 7.05 Å². The average Bonchev–Trinajstić information content (AvgIpc) is 2.37. The number of carboxylic acids is 1. The first-order chi connectivity index (χ1) is 8.91. The molecular weight excluding hydrogens is 250 g/mol. The van der Waals surface area contributed by atoms with Gasteiger partial charge in [-0.3, -0.25) is 0 Å². The number of hydrogen-bond donors (Lipinski definition) is 3. The standard InChI is InChI=1S/C12H23N3O4/c1-14-7-3-4-9(8-14)15(2)12(19)13-6-5-10(16)11(17)18/h9-10,16H,3-8H2,1-2H3,(H,13,19)(H,17,18). The molecule has 0 bridgehead atoms. The lowest BCUT2D eigenvalue weighted by Crippen LogP contribution is -2.50. The van der Waals surface area contributed by atoms with Gasteiger partial charge in [-0.2, -0.15) is 0 Å². The van der Waals surface area contributed by atoms with Gasteiger partial charge in [0.25, 0.3) is 0 Å². The third-order valence-corrected chi connectivity index (χ3v) is 3.45. The lowest BCUT2D eigenvalue weighted by atomic mass is 10.1. The summed E-state index contributed by atoms with van der Waals surface area (Å²) in [6, 6.07) is -0.0407. The molecule has 7 heteroatoms. The molecule has 1 aliphatic rings. The van der Waals surface area contributed by atoms with Gasteiger partial charge in [-0.25, -0.2) is 9.59 Å². The summed E-state index contributed by atoms with van der Waals surface area (Å²) in [4.78, 5) is 26.1. The van der Waals surface area contributed by atoms with Crippen molar-refractivity contribution in [1.29, 1.82) is 0 Å². The number of hydrogen-bond acceptors (Lipinski definition) is 4. The van der Waals surface area contributed by atoms with Crippen LogP contribution in [0.3, 0.4) is 0 Å². The van der Waals surface area contributed by atoms with Crippen molar-refractivity contribution >= 4 is 12.0 Å².